The Morgan fingerprint density at radius 1 is 1.11 bits per heavy atom. The molecule has 4 aromatic rings. The molecule has 0 aliphatic rings. The Bertz CT molecular complexity index is 1130. The van der Waals surface area contributed by atoms with E-state index >= 15 is 0 Å². The van der Waals surface area contributed by atoms with Crippen LogP contribution in [0.3, 0.4) is 0 Å². The van der Waals surface area contributed by atoms with Gasteiger partial charge in [-0.05, 0) is 30.9 Å². The Morgan fingerprint density at radius 2 is 1.93 bits per heavy atom. The van der Waals surface area contributed by atoms with Gasteiger partial charge in [0.15, 0.2) is 0 Å². The van der Waals surface area contributed by atoms with Crippen molar-refractivity contribution in [3.8, 4) is 11.1 Å². The molecule has 0 atom stereocenters. The van der Waals surface area contributed by atoms with E-state index in [9.17, 15) is 0 Å². The highest BCUT2D eigenvalue weighted by Crippen LogP contribution is 2.35. The first-order valence-electron chi connectivity index (χ1n) is 9.10. The average molecular weight is 396 g/mol. The minimum absolute atomic E-state index is 0.434. The number of para-hydroxylation sites is 1. The molecule has 0 unspecified atom stereocenters. The van der Waals surface area contributed by atoms with Crippen LogP contribution in [0.25, 0.3) is 33.1 Å². The molecular formula is C21H25N5OS. The molecule has 3 heterocycles. The largest absolute Gasteiger partial charge is 0.383 e. The maximum Gasteiger partial charge on any atom is 0.148 e. The fraction of sp³-hybridized carbons (Fsp3) is 0.286. The van der Waals surface area contributed by atoms with Crippen molar-refractivity contribution >= 4 is 37.8 Å². The highest BCUT2D eigenvalue weighted by Gasteiger charge is 2.16. The third-order valence-electron chi connectivity index (χ3n) is 4.65. The highest BCUT2D eigenvalue weighted by molar-refractivity contribution is 8.32. The van der Waals surface area contributed by atoms with Crippen LogP contribution in [0, 0.1) is 0 Å². The molecule has 0 amide bonds. The summed E-state index contributed by atoms with van der Waals surface area (Å²) in [6.45, 7) is 1.16. The van der Waals surface area contributed by atoms with E-state index in [1.807, 2.05) is 35.2 Å². The monoisotopic (exact) mass is 395 g/mol. The van der Waals surface area contributed by atoms with Crippen molar-refractivity contribution < 1.29 is 4.74 Å². The molecule has 0 radical (unpaired) electrons. The van der Waals surface area contributed by atoms with Crippen molar-refractivity contribution in [2.24, 2.45) is 0 Å². The topological polar surface area (TPSA) is 78.9 Å². The number of benzene rings is 1. The second kappa shape index (κ2) is 7.41. The lowest BCUT2D eigenvalue weighted by Crippen LogP contribution is -2.09. The van der Waals surface area contributed by atoms with Crippen LogP contribution in [0.4, 0.5) is 5.82 Å². The molecule has 0 fully saturated rings. The third-order valence-corrected chi connectivity index (χ3v) is 6.05. The van der Waals surface area contributed by atoms with E-state index in [1.165, 1.54) is 6.33 Å². The van der Waals surface area contributed by atoms with Gasteiger partial charge in [0, 0.05) is 34.7 Å². The van der Waals surface area contributed by atoms with Crippen LogP contribution < -0.4 is 5.73 Å². The molecule has 7 heteroatoms. The Kier molecular flexibility index (Phi) is 4.95. The van der Waals surface area contributed by atoms with Crippen LogP contribution in [0.2, 0.25) is 0 Å². The van der Waals surface area contributed by atoms with Crippen LogP contribution in [0.15, 0.2) is 49.1 Å². The van der Waals surface area contributed by atoms with Crippen LogP contribution in [0.1, 0.15) is 0 Å². The minimum atomic E-state index is -0.574. The first-order chi connectivity index (χ1) is 13.4. The maximum atomic E-state index is 6.21. The Labute approximate surface area is 166 Å². The molecule has 3 aromatic heterocycles. The van der Waals surface area contributed by atoms with Gasteiger partial charge in [-0.3, -0.25) is 4.98 Å². The van der Waals surface area contributed by atoms with Crippen molar-refractivity contribution in [3.05, 3.63) is 49.1 Å². The van der Waals surface area contributed by atoms with Crippen molar-refractivity contribution in [3.63, 3.8) is 0 Å². The maximum absolute atomic E-state index is 6.21. The smallest absolute Gasteiger partial charge is 0.148 e. The molecule has 28 heavy (non-hydrogen) atoms. The molecule has 0 aliphatic carbocycles. The molecule has 4 rings (SSSR count). The highest BCUT2D eigenvalue weighted by atomic mass is 32.3. The van der Waals surface area contributed by atoms with E-state index in [1.54, 1.807) is 0 Å². The van der Waals surface area contributed by atoms with Gasteiger partial charge in [0.05, 0.1) is 17.5 Å². The summed E-state index contributed by atoms with van der Waals surface area (Å²) in [4.78, 5) is 13.2. The lowest BCUT2D eigenvalue weighted by Gasteiger charge is -2.24. The van der Waals surface area contributed by atoms with Gasteiger partial charge < -0.3 is 15.0 Å². The zero-order chi connectivity index (χ0) is 19.7. The predicted molar refractivity (Wildman–Crippen MR) is 119 cm³/mol. The number of pyridine rings is 1. The van der Waals surface area contributed by atoms with E-state index in [-0.39, 0.29) is 0 Å². The Hall–Kier alpha value is -2.64. The summed E-state index contributed by atoms with van der Waals surface area (Å²) >= 11 is 0. The fourth-order valence-corrected chi connectivity index (χ4v) is 3.77. The van der Waals surface area contributed by atoms with Gasteiger partial charge in [0.1, 0.15) is 24.5 Å². The number of rotatable bonds is 6. The predicted octanol–water partition coefficient (Wildman–Crippen LogP) is 3.90. The molecule has 0 aliphatic heterocycles. The molecule has 2 N–H and O–H groups in total. The van der Waals surface area contributed by atoms with E-state index in [0.29, 0.717) is 12.5 Å². The fourth-order valence-electron chi connectivity index (χ4n) is 3.15. The molecular weight excluding hydrogens is 370 g/mol. The number of nitrogens with two attached hydrogens (primary N) is 1. The number of aromatic nitrogens is 4. The van der Waals surface area contributed by atoms with E-state index < -0.39 is 10.0 Å². The summed E-state index contributed by atoms with van der Waals surface area (Å²) in [5.74, 6) is 1.54. The third kappa shape index (κ3) is 3.81. The van der Waals surface area contributed by atoms with Crippen molar-refractivity contribution in [2.45, 2.75) is 6.73 Å². The molecule has 146 valence electrons. The summed E-state index contributed by atoms with van der Waals surface area (Å²) in [6, 6.07) is 10.2. The second-order valence-corrected chi connectivity index (χ2v) is 12.3. The van der Waals surface area contributed by atoms with Crippen LogP contribution in [-0.4, -0.2) is 50.6 Å². The molecule has 0 saturated heterocycles. The number of anilines is 1. The summed E-state index contributed by atoms with van der Waals surface area (Å²) in [5, 5.41) is 1.92. The Balaban J connectivity index is 1.71. The minimum Gasteiger partial charge on any atom is -0.383 e. The molecule has 0 bridgehead atoms. The quantitative estimate of drug-likeness (QED) is 0.501. The normalized spacial score (nSPS) is 12.7. The van der Waals surface area contributed by atoms with Gasteiger partial charge in [0.25, 0.3) is 0 Å². The standard InChI is InChI=1S/C21H25N5OS/c1-28(2,3)9-8-27-14-26-12-17(19-20(22)24-13-25-21(19)26)16-10-15-6-4-5-7-18(15)23-11-16/h4-7,10-13H,8-9,14H2,1-3H3,(H2,22,24,25). The van der Waals surface area contributed by atoms with Gasteiger partial charge in [-0.25, -0.2) is 20.0 Å². The van der Waals surface area contributed by atoms with Gasteiger partial charge in [-0.1, -0.05) is 18.2 Å². The van der Waals surface area contributed by atoms with Crippen molar-refractivity contribution in [2.75, 3.05) is 36.9 Å². The first kappa shape index (κ1) is 18.7. The number of hydrogen-bond donors (Lipinski definition) is 1. The Morgan fingerprint density at radius 3 is 2.75 bits per heavy atom. The van der Waals surface area contributed by atoms with Crippen LogP contribution in [0.5, 0.6) is 0 Å². The van der Waals surface area contributed by atoms with Crippen molar-refractivity contribution in [1.29, 1.82) is 0 Å². The van der Waals surface area contributed by atoms with Crippen molar-refractivity contribution in [1.82, 2.24) is 19.5 Å². The average Bonchev–Trinajstić information content (AvgIpc) is 3.04. The number of ether oxygens (including phenoxy) is 1. The van der Waals surface area contributed by atoms with Gasteiger partial charge in [0.2, 0.25) is 0 Å². The van der Waals surface area contributed by atoms with E-state index in [2.05, 4.69) is 45.9 Å². The van der Waals surface area contributed by atoms with Crippen LogP contribution in [-0.2, 0) is 11.5 Å². The zero-order valence-electron chi connectivity index (χ0n) is 16.4. The number of fused-ring (bicyclic) bond motifs is 2. The second-order valence-electron chi connectivity index (χ2n) is 7.72. The zero-order valence-corrected chi connectivity index (χ0v) is 17.2. The molecule has 0 spiro atoms. The van der Waals surface area contributed by atoms with Crippen LogP contribution >= 0.6 is 10.0 Å². The number of hydrogen-bond acceptors (Lipinski definition) is 5. The number of nitrogens with zero attached hydrogens (tertiary/aromatic N) is 4. The van der Waals surface area contributed by atoms with Gasteiger partial charge in [-0.15, -0.1) is 0 Å². The van der Waals surface area contributed by atoms with E-state index in [4.69, 9.17) is 10.5 Å². The van der Waals surface area contributed by atoms with Gasteiger partial charge >= 0.3 is 0 Å². The summed E-state index contributed by atoms with van der Waals surface area (Å²) in [7, 11) is -0.574. The lowest BCUT2D eigenvalue weighted by molar-refractivity contribution is 0.0924. The summed E-state index contributed by atoms with van der Waals surface area (Å²) in [5.41, 5.74) is 9.91. The number of nitrogen functional groups attached to an aromatic ring is 1. The van der Waals surface area contributed by atoms with E-state index in [0.717, 1.165) is 45.4 Å². The van der Waals surface area contributed by atoms with Gasteiger partial charge in [-0.2, -0.15) is 0 Å². The lowest BCUT2D eigenvalue weighted by atomic mass is 10.1. The summed E-state index contributed by atoms with van der Waals surface area (Å²) < 4.78 is 7.93. The SMILES string of the molecule is CS(C)(C)CCOCn1cc(-c2cnc3ccccc3c2)c2c(N)ncnc21. The molecule has 0 saturated carbocycles. The summed E-state index contributed by atoms with van der Waals surface area (Å²) in [6.07, 6.45) is 12.3. The molecule has 6 nitrogen and oxygen atoms in total. The first-order valence-corrected chi connectivity index (χ1v) is 12.1. The molecule has 1 aromatic carbocycles.